The molecule has 1 fully saturated rings. The van der Waals surface area contributed by atoms with Gasteiger partial charge in [-0.25, -0.2) is 4.39 Å². The maximum Gasteiger partial charge on any atom is 0.243 e. The highest BCUT2D eigenvalue weighted by atomic mass is 19.1. The highest BCUT2D eigenvalue weighted by molar-refractivity contribution is 5.95. The molecule has 2 aromatic rings. The van der Waals surface area contributed by atoms with Gasteiger partial charge in [-0.15, -0.1) is 0 Å². The van der Waals surface area contributed by atoms with Crippen LogP contribution in [0.5, 0.6) is 0 Å². The van der Waals surface area contributed by atoms with Crippen molar-refractivity contribution in [1.82, 2.24) is 10.6 Å². The number of rotatable bonds is 5. The molecule has 2 aromatic carbocycles. The molecule has 0 aromatic heterocycles. The number of carbonyl (C=O) groups excluding carboxylic acids is 1. The van der Waals surface area contributed by atoms with E-state index in [4.69, 9.17) is 0 Å². The number of guanidine groups is 1. The second kappa shape index (κ2) is 9.21. The lowest BCUT2D eigenvalue weighted by Gasteiger charge is -2.20. The molecular weight excluding hydrogens is 357 g/mol. The summed E-state index contributed by atoms with van der Waals surface area (Å²) in [6, 6.07) is 14.6. The summed E-state index contributed by atoms with van der Waals surface area (Å²) in [6.07, 6.45) is 0.990. The topological polar surface area (TPSA) is 68.8 Å². The third-order valence-corrected chi connectivity index (χ3v) is 4.68. The van der Waals surface area contributed by atoms with Gasteiger partial charge in [0.25, 0.3) is 0 Å². The fourth-order valence-corrected chi connectivity index (χ4v) is 3.19. The zero-order valence-corrected chi connectivity index (χ0v) is 16.2. The highest BCUT2D eigenvalue weighted by Gasteiger charge is 2.23. The molecule has 1 amide bonds. The summed E-state index contributed by atoms with van der Waals surface area (Å²) in [5, 5.41) is 9.03. The van der Waals surface area contributed by atoms with Gasteiger partial charge in [0, 0.05) is 37.6 Å². The van der Waals surface area contributed by atoms with Gasteiger partial charge in [0.05, 0.1) is 6.54 Å². The highest BCUT2D eigenvalue weighted by Crippen LogP contribution is 2.20. The van der Waals surface area contributed by atoms with Crippen LogP contribution < -0.4 is 20.9 Å². The van der Waals surface area contributed by atoms with Crippen LogP contribution in [0.15, 0.2) is 53.5 Å². The van der Waals surface area contributed by atoms with Crippen LogP contribution >= 0.6 is 0 Å². The molecule has 0 spiro atoms. The van der Waals surface area contributed by atoms with Gasteiger partial charge in [0.2, 0.25) is 5.91 Å². The Morgan fingerprint density at radius 2 is 2.04 bits per heavy atom. The second-order valence-corrected chi connectivity index (χ2v) is 6.90. The molecule has 1 aliphatic heterocycles. The SMILES string of the molecule is CN=C(NCC(=O)Nc1cccc(F)c1)NC1CCN(c2ccc(C)cc2)C1. The lowest BCUT2D eigenvalue weighted by molar-refractivity contribution is -0.115. The van der Waals surface area contributed by atoms with E-state index in [1.807, 2.05) is 0 Å². The monoisotopic (exact) mass is 383 g/mol. The van der Waals surface area contributed by atoms with Crippen LogP contribution in [-0.4, -0.2) is 44.6 Å². The molecule has 7 heteroatoms. The second-order valence-electron chi connectivity index (χ2n) is 6.90. The van der Waals surface area contributed by atoms with Crippen molar-refractivity contribution in [3.63, 3.8) is 0 Å². The van der Waals surface area contributed by atoms with Crippen molar-refractivity contribution < 1.29 is 9.18 Å². The van der Waals surface area contributed by atoms with E-state index in [1.54, 1.807) is 19.2 Å². The quantitative estimate of drug-likeness (QED) is 0.548. The van der Waals surface area contributed by atoms with E-state index in [0.717, 1.165) is 19.5 Å². The van der Waals surface area contributed by atoms with Gasteiger partial charge in [0.15, 0.2) is 5.96 Å². The van der Waals surface area contributed by atoms with Crippen LogP contribution in [0.25, 0.3) is 0 Å². The van der Waals surface area contributed by atoms with Crippen LogP contribution in [0.3, 0.4) is 0 Å². The number of anilines is 2. The van der Waals surface area contributed by atoms with Crippen molar-refractivity contribution in [3.05, 3.63) is 59.9 Å². The molecule has 3 rings (SSSR count). The predicted octanol–water partition coefficient (Wildman–Crippen LogP) is 2.52. The van der Waals surface area contributed by atoms with Gasteiger partial charge in [-0.3, -0.25) is 9.79 Å². The number of amides is 1. The molecule has 0 bridgehead atoms. The van der Waals surface area contributed by atoms with Gasteiger partial charge in [-0.2, -0.15) is 0 Å². The number of nitrogens with one attached hydrogen (secondary N) is 3. The largest absolute Gasteiger partial charge is 0.369 e. The molecule has 1 saturated heterocycles. The third kappa shape index (κ3) is 5.45. The summed E-state index contributed by atoms with van der Waals surface area (Å²) in [6.45, 7) is 3.97. The van der Waals surface area contributed by atoms with Gasteiger partial charge in [0.1, 0.15) is 5.82 Å². The van der Waals surface area contributed by atoms with E-state index in [2.05, 4.69) is 57.0 Å². The molecule has 0 radical (unpaired) electrons. The minimum absolute atomic E-state index is 0.0462. The Bertz CT molecular complexity index is 837. The smallest absolute Gasteiger partial charge is 0.243 e. The molecule has 6 nitrogen and oxygen atoms in total. The van der Waals surface area contributed by atoms with Crippen LogP contribution in [-0.2, 0) is 4.79 Å². The lowest BCUT2D eigenvalue weighted by atomic mass is 10.2. The molecule has 1 atom stereocenters. The lowest BCUT2D eigenvalue weighted by Crippen LogP contribution is -2.46. The maximum atomic E-state index is 13.2. The molecule has 1 heterocycles. The number of benzene rings is 2. The van der Waals surface area contributed by atoms with E-state index < -0.39 is 0 Å². The number of hydrogen-bond acceptors (Lipinski definition) is 3. The molecular formula is C21H26FN5O. The molecule has 1 aliphatic rings. The fraction of sp³-hybridized carbons (Fsp3) is 0.333. The molecule has 148 valence electrons. The number of hydrogen-bond donors (Lipinski definition) is 3. The minimum atomic E-state index is -0.386. The average molecular weight is 383 g/mol. The van der Waals surface area contributed by atoms with Crippen LogP contribution in [0, 0.1) is 12.7 Å². The maximum absolute atomic E-state index is 13.2. The van der Waals surface area contributed by atoms with E-state index >= 15 is 0 Å². The molecule has 3 N–H and O–H groups in total. The number of nitrogens with zero attached hydrogens (tertiary/aromatic N) is 2. The molecule has 0 aliphatic carbocycles. The summed E-state index contributed by atoms with van der Waals surface area (Å²) in [5.41, 5.74) is 2.89. The number of aliphatic imine (C=N–C) groups is 1. The normalized spacial score (nSPS) is 16.8. The third-order valence-electron chi connectivity index (χ3n) is 4.68. The van der Waals surface area contributed by atoms with Crippen molar-refractivity contribution in [2.45, 2.75) is 19.4 Å². The molecule has 1 unspecified atom stereocenters. The first-order valence-electron chi connectivity index (χ1n) is 9.38. The average Bonchev–Trinajstić information content (AvgIpc) is 3.14. The van der Waals surface area contributed by atoms with Gasteiger partial charge < -0.3 is 20.9 Å². The Kier molecular flexibility index (Phi) is 6.47. The van der Waals surface area contributed by atoms with Crippen LogP contribution in [0.2, 0.25) is 0 Å². The van der Waals surface area contributed by atoms with Crippen molar-refractivity contribution in [2.24, 2.45) is 4.99 Å². The Balaban J connectivity index is 1.45. The van der Waals surface area contributed by atoms with Crippen molar-refractivity contribution >= 4 is 23.2 Å². The van der Waals surface area contributed by atoms with Crippen molar-refractivity contribution in [1.29, 1.82) is 0 Å². The summed E-state index contributed by atoms with van der Waals surface area (Å²) in [5.74, 6) is -0.0750. The minimum Gasteiger partial charge on any atom is -0.369 e. The van der Waals surface area contributed by atoms with E-state index in [-0.39, 0.29) is 24.3 Å². The number of aryl methyl sites for hydroxylation is 1. The Hall–Kier alpha value is -3.09. The van der Waals surface area contributed by atoms with Crippen LogP contribution in [0.1, 0.15) is 12.0 Å². The Morgan fingerprint density at radius 3 is 2.75 bits per heavy atom. The first-order chi connectivity index (χ1) is 13.5. The Labute approximate surface area is 164 Å². The summed E-state index contributed by atoms with van der Waals surface area (Å²) >= 11 is 0. The van der Waals surface area contributed by atoms with Crippen molar-refractivity contribution in [3.8, 4) is 0 Å². The van der Waals surface area contributed by atoms with Gasteiger partial charge >= 0.3 is 0 Å². The Morgan fingerprint density at radius 1 is 1.25 bits per heavy atom. The van der Waals surface area contributed by atoms with Crippen molar-refractivity contribution in [2.75, 3.05) is 36.9 Å². The standard InChI is InChI=1S/C21H26FN5O/c1-15-6-8-19(9-7-15)27-11-10-18(14-27)26-21(23-2)24-13-20(28)25-17-5-3-4-16(22)12-17/h3-9,12,18H,10-11,13-14H2,1-2H3,(H,25,28)(H2,23,24,26). The zero-order chi connectivity index (χ0) is 19.9. The molecule has 0 saturated carbocycles. The first-order valence-corrected chi connectivity index (χ1v) is 9.38. The van der Waals surface area contributed by atoms with E-state index in [0.29, 0.717) is 11.6 Å². The first kappa shape index (κ1) is 19.7. The predicted molar refractivity (Wildman–Crippen MR) is 111 cm³/mol. The number of carbonyl (C=O) groups is 1. The van der Waals surface area contributed by atoms with Gasteiger partial charge in [-0.1, -0.05) is 23.8 Å². The summed E-state index contributed by atoms with van der Waals surface area (Å²) in [4.78, 5) is 18.6. The van der Waals surface area contributed by atoms with E-state index in [9.17, 15) is 9.18 Å². The zero-order valence-electron chi connectivity index (χ0n) is 16.2. The van der Waals surface area contributed by atoms with Crippen LogP contribution in [0.4, 0.5) is 15.8 Å². The van der Waals surface area contributed by atoms with Gasteiger partial charge in [-0.05, 0) is 43.7 Å². The summed E-state index contributed by atoms with van der Waals surface area (Å²) in [7, 11) is 1.67. The summed E-state index contributed by atoms with van der Waals surface area (Å²) < 4.78 is 13.2. The molecule has 28 heavy (non-hydrogen) atoms. The number of halogens is 1. The van der Waals surface area contributed by atoms with E-state index in [1.165, 1.54) is 23.4 Å². The fourth-order valence-electron chi connectivity index (χ4n) is 3.19.